The molecule has 0 unspecified atom stereocenters. The smallest absolute Gasteiger partial charge is 0.261 e. The van der Waals surface area contributed by atoms with Gasteiger partial charge in [-0.25, -0.2) is 8.42 Å². The Hall–Kier alpha value is -2.34. The Morgan fingerprint density at radius 2 is 1.39 bits per heavy atom. The first-order valence-electron chi connectivity index (χ1n) is 11.2. The maximum Gasteiger partial charge on any atom is 0.261 e. The molecule has 5 nitrogen and oxygen atoms in total. The molecule has 0 spiro atoms. The van der Waals surface area contributed by atoms with Gasteiger partial charge in [-0.3, -0.25) is 9.52 Å². The van der Waals surface area contributed by atoms with Crippen molar-refractivity contribution < 1.29 is 13.2 Å². The highest BCUT2D eigenvalue weighted by atomic mass is 32.2. The van der Waals surface area contributed by atoms with Crippen molar-refractivity contribution in [2.75, 3.05) is 10.0 Å². The van der Waals surface area contributed by atoms with E-state index in [0.29, 0.717) is 29.1 Å². The summed E-state index contributed by atoms with van der Waals surface area (Å²) in [5.41, 5.74) is 3.13. The molecule has 2 aromatic rings. The Morgan fingerprint density at radius 3 is 1.94 bits per heavy atom. The lowest BCUT2D eigenvalue weighted by Gasteiger charge is -2.55. The van der Waals surface area contributed by atoms with Gasteiger partial charge in [0.15, 0.2) is 0 Å². The molecule has 0 atom stereocenters. The van der Waals surface area contributed by atoms with E-state index in [1.165, 1.54) is 19.3 Å². The molecule has 31 heavy (non-hydrogen) atoms. The third kappa shape index (κ3) is 3.86. The first-order chi connectivity index (χ1) is 14.7. The summed E-state index contributed by atoms with van der Waals surface area (Å²) >= 11 is 0. The molecule has 4 fully saturated rings. The molecule has 0 radical (unpaired) electrons. The van der Waals surface area contributed by atoms with E-state index in [2.05, 4.69) is 10.0 Å². The van der Waals surface area contributed by atoms with Crippen LogP contribution in [-0.4, -0.2) is 14.3 Å². The van der Waals surface area contributed by atoms with Crippen LogP contribution < -0.4 is 10.0 Å². The van der Waals surface area contributed by atoms with Gasteiger partial charge in [0.1, 0.15) is 0 Å². The Bertz CT molecular complexity index is 1090. The summed E-state index contributed by atoms with van der Waals surface area (Å²) in [6, 6.07) is 12.0. The van der Waals surface area contributed by atoms with E-state index < -0.39 is 10.0 Å². The van der Waals surface area contributed by atoms with E-state index in [-0.39, 0.29) is 16.2 Å². The largest absolute Gasteiger partial charge is 0.326 e. The van der Waals surface area contributed by atoms with Gasteiger partial charge in [-0.1, -0.05) is 6.07 Å². The number of carbonyl (C=O) groups is 1. The second-order valence-corrected chi connectivity index (χ2v) is 11.8. The van der Waals surface area contributed by atoms with Crippen LogP contribution in [0.25, 0.3) is 0 Å². The summed E-state index contributed by atoms with van der Waals surface area (Å²) in [5, 5.41) is 3.09. The Kier molecular flexibility index (Phi) is 4.88. The van der Waals surface area contributed by atoms with Crippen molar-refractivity contribution in [3.63, 3.8) is 0 Å². The molecular weight excluding hydrogens is 408 g/mol. The minimum atomic E-state index is -3.69. The molecule has 2 aromatic carbocycles. The van der Waals surface area contributed by atoms with Gasteiger partial charge < -0.3 is 5.32 Å². The molecular formula is C25H30N2O3S. The highest BCUT2D eigenvalue weighted by Crippen LogP contribution is 2.60. The second-order valence-electron chi connectivity index (χ2n) is 10.1. The predicted molar refractivity (Wildman–Crippen MR) is 122 cm³/mol. The number of nitrogens with one attached hydrogen (secondary N) is 2. The summed E-state index contributed by atoms with van der Waals surface area (Å²) in [5.74, 6) is 2.25. The van der Waals surface area contributed by atoms with Crippen molar-refractivity contribution in [3.05, 3.63) is 53.6 Å². The van der Waals surface area contributed by atoms with Crippen molar-refractivity contribution in [1.29, 1.82) is 0 Å². The monoisotopic (exact) mass is 438 g/mol. The third-order valence-electron chi connectivity index (χ3n) is 7.70. The zero-order valence-electron chi connectivity index (χ0n) is 18.1. The fourth-order valence-corrected chi connectivity index (χ4v) is 7.44. The molecule has 4 aliphatic rings. The number of carbonyl (C=O) groups excluding carboxylic acids is 1. The molecule has 164 valence electrons. The van der Waals surface area contributed by atoms with Crippen molar-refractivity contribution in [2.24, 2.45) is 23.2 Å². The molecule has 0 aromatic heterocycles. The number of hydrogen-bond acceptors (Lipinski definition) is 3. The molecule has 4 aliphatic carbocycles. The van der Waals surface area contributed by atoms with Gasteiger partial charge in [-0.15, -0.1) is 0 Å². The van der Waals surface area contributed by atoms with E-state index in [4.69, 9.17) is 0 Å². The minimum Gasteiger partial charge on any atom is -0.326 e. The normalized spacial score (nSPS) is 29.0. The zero-order chi connectivity index (χ0) is 21.8. The molecule has 1 amide bonds. The van der Waals surface area contributed by atoms with Crippen LogP contribution in [0.1, 0.15) is 49.7 Å². The summed E-state index contributed by atoms with van der Waals surface area (Å²) in [4.78, 5) is 13.4. The van der Waals surface area contributed by atoms with Crippen molar-refractivity contribution >= 4 is 27.3 Å². The van der Waals surface area contributed by atoms with Crippen molar-refractivity contribution in [1.82, 2.24) is 0 Å². The van der Waals surface area contributed by atoms with Crippen molar-refractivity contribution in [2.45, 2.75) is 57.3 Å². The van der Waals surface area contributed by atoms with Crippen LogP contribution >= 0.6 is 0 Å². The zero-order valence-corrected chi connectivity index (χ0v) is 19.0. The van der Waals surface area contributed by atoms with E-state index in [1.807, 2.05) is 26.0 Å². The minimum absolute atomic E-state index is 0.121. The van der Waals surface area contributed by atoms with Crippen LogP contribution in [0.2, 0.25) is 0 Å². The molecule has 6 heteroatoms. The fourth-order valence-electron chi connectivity index (χ4n) is 6.39. The molecule has 4 saturated carbocycles. The molecule has 0 heterocycles. The maximum atomic E-state index is 13.2. The first-order valence-corrected chi connectivity index (χ1v) is 12.7. The van der Waals surface area contributed by atoms with Crippen molar-refractivity contribution in [3.8, 4) is 0 Å². The van der Waals surface area contributed by atoms with E-state index in [9.17, 15) is 13.2 Å². The van der Waals surface area contributed by atoms with Crippen LogP contribution in [0.3, 0.4) is 0 Å². The number of anilines is 2. The number of benzene rings is 2. The highest BCUT2D eigenvalue weighted by Gasteiger charge is 2.54. The average Bonchev–Trinajstić information content (AvgIpc) is 2.70. The Balaban J connectivity index is 1.28. The molecule has 0 saturated heterocycles. The molecule has 4 bridgehead atoms. The van der Waals surface area contributed by atoms with E-state index >= 15 is 0 Å². The molecule has 2 N–H and O–H groups in total. The highest BCUT2D eigenvalue weighted by molar-refractivity contribution is 7.92. The topological polar surface area (TPSA) is 75.3 Å². The summed E-state index contributed by atoms with van der Waals surface area (Å²) in [6.07, 6.45) is 6.93. The number of hydrogen-bond donors (Lipinski definition) is 2. The quantitative estimate of drug-likeness (QED) is 0.669. The number of aryl methyl sites for hydroxylation is 2. The standard InChI is InChI=1S/C25H30N2O3S/c1-16-3-4-22(9-17(16)2)27-31(29,30)23-7-5-21(6-8-23)26-24(28)25-13-18-10-19(14-25)12-20(11-18)15-25/h3-9,18-20,27H,10-15H2,1-2H3,(H,26,28). The summed E-state index contributed by atoms with van der Waals surface area (Å²) in [7, 11) is -3.69. The average molecular weight is 439 g/mol. The molecule has 0 aliphatic heterocycles. The van der Waals surface area contributed by atoms with Gasteiger partial charge in [-0.05, 0) is 118 Å². The van der Waals surface area contributed by atoms with Crippen LogP contribution in [0.5, 0.6) is 0 Å². The lowest BCUT2D eigenvalue weighted by atomic mass is 9.49. The lowest BCUT2D eigenvalue weighted by molar-refractivity contribution is -0.140. The third-order valence-corrected chi connectivity index (χ3v) is 9.10. The maximum absolute atomic E-state index is 13.2. The van der Waals surface area contributed by atoms with Gasteiger partial charge in [0, 0.05) is 11.4 Å². The summed E-state index contributed by atoms with van der Waals surface area (Å²) in [6.45, 7) is 3.94. The van der Waals surface area contributed by atoms with Crippen LogP contribution in [0, 0.1) is 37.0 Å². The SMILES string of the molecule is Cc1ccc(NS(=O)(=O)c2ccc(NC(=O)C34CC5CC(CC(C5)C3)C4)cc2)cc1C. The Morgan fingerprint density at radius 1 is 0.839 bits per heavy atom. The van der Waals surface area contributed by atoms with Crippen LogP contribution in [0.15, 0.2) is 47.4 Å². The van der Waals surface area contributed by atoms with Gasteiger partial charge in [0.25, 0.3) is 10.0 Å². The lowest BCUT2D eigenvalue weighted by Crippen LogP contribution is -2.51. The van der Waals surface area contributed by atoms with Crippen LogP contribution in [-0.2, 0) is 14.8 Å². The number of sulfonamides is 1. The van der Waals surface area contributed by atoms with Gasteiger partial charge >= 0.3 is 0 Å². The number of rotatable bonds is 5. The number of amides is 1. The van der Waals surface area contributed by atoms with E-state index in [0.717, 1.165) is 30.4 Å². The molecule has 6 rings (SSSR count). The second kappa shape index (κ2) is 7.37. The van der Waals surface area contributed by atoms with E-state index in [1.54, 1.807) is 30.3 Å². The fraction of sp³-hybridized carbons (Fsp3) is 0.480. The predicted octanol–water partition coefficient (Wildman–Crippen LogP) is 5.26. The van der Waals surface area contributed by atoms with Gasteiger partial charge in [-0.2, -0.15) is 0 Å². The van der Waals surface area contributed by atoms with Gasteiger partial charge in [0.05, 0.1) is 10.3 Å². The van der Waals surface area contributed by atoms with Gasteiger partial charge in [0.2, 0.25) is 5.91 Å². The Labute approximate surface area is 184 Å². The van der Waals surface area contributed by atoms with Crippen LogP contribution in [0.4, 0.5) is 11.4 Å². The first kappa shape index (κ1) is 20.6. The summed E-state index contributed by atoms with van der Waals surface area (Å²) < 4.78 is 28.2.